The van der Waals surface area contributed by atoms with Crippen LogP contribution in [0.4, 0.5) is 0 Å². The predicted molar refractivity (Wildman–Crippen MR) is 100 cm³/mol. The third kappa shape index (κ3) is 4.30. The van der Waals surface area contributed by atoms with Gasteiger partial charge in [0.15, 0.2) is 5.70 Å². The van der Waals surface area contributed by atoms with Crippen LogP contribution in [0.2, 0.25) is 0 Å². The Balaban J connectivity index is 1.75. The van der Waals surface area contributed by atoms with Crippen molar-refractivity contribution < 1.29 is 19.0 Å². The topological polar surface area (TPSA) is 57.1 Å². The van der Waals surface area contributed by atoms with E-state index in [4.69, 9.17) is 14.2 Å². The second-order valence-corrected chi connectivity index (χ2v) is 5.84. The van der Waals surface area contributed by atoms with Gasteiger partial charge in [-0.1, -0.05) is 31.5 Å². The number of hydrogen-bond acceptors (Lipinski definition) is 5. The summed E-state index contributed by atoms with van der Waals surface area (Å²) in [5, 5.41) is 0. The van der Waals surface area contributed by atoms with Crippen LogP contribution in [0, 0.1) is 0 Å². The summed E-state index contributed by atoms with van der Waals surface area (Å²) >= 11 is 0. The van der Waals surface area contributed by atoms with Gasteiger partial charge in [-0.05, 0) is 48.4 Å². The third-order valence-corrected chi connectivity index (χ3v) is 3.89. The maximum absolute atomic E-state index is 12.1. The monoisotopic (exact) mass is 351 g/mol. The second kappa shape index (κ2) is 8.34. The molecular formula is C21H21NO4. The number of hydrogen-bond donors (Lipinski definition) is 0. The Morgan fingerprint density at radius 3 is 2.65 bits per heavy atom. The number of carbonyl (C=O) groups excluding carboxylic acids is 1. The molecule has 0 bridgehead atoms. The van der Waals surface area contributed by atoms with Crippen molar-refractivity contribution >= 4 is 17.9 Å². The molecule has 26 heavy (non-hydrogen) atoms. The first-order valence-electron chi connectivity index (χ1n) is 8.59. The Kier molecular flexibility index (Phi) is 5.69. The van der Waals surface area contributed by atoms with Crippen LogP contribution in [0.5, 0.6) is 11.5 Å². The van der Waals surface area contributed by atoms with Gasteiger partial charge in [-0.2, -0.15) is 0 Å². The van der Waals surface area contributed by atoms with Gasteiger partial charge in [0.2, 0.25) is 5.90 Å². The highest BCUT2D eigenvalue weighted by atomic mass is 16.6. The van der Waals surface area contributed by atoms with E-state index in [1.807, 2.05) is 42.5 Å². The molecule has 0 radical (unpaired) electrons. The number of carbonyl (C=O) groups is 1. The molecule has 1 aliphatic rings. The van der Waals surface area contributed by atoms with Crippen LogP contribution in [0.3, 0.4) is 0 Å². The third-order valence-electron chi connectivity index (χ3n) is 3.89. The van der Waals surface area contributed by atoms with E-state index in [2.05, 4.69) is 11.9 Å². The van der Waals surface area contributed by atoms with Crippen LogP contribution < -0.4 is 9.47 Å². The molecule has 0 saturated carbocycles. The summed E-state index contributed by atoms with van der Waals surface area (Å²) in [6.45, 7) is 2.83. The molecule has 3 rings (SSSR count). The minimum absolute atomic E-state index is 0.266. The van der Waals surface area contributed by atoms with Crippen LogP contribution in [0.15, 0.2) is 59.2 Å². The highest BCUT2D eigenvalue weighted by molar-refractivity contribution is 6.12. The molecule has 0 N–H and O–H groups in total. The molecule has 0 atom stereocenters. The zero-order chi connectivity index (χ0) is 18.4. The number of cyclic esters (lactones) is 1. The summed E-state index contributed by atoms with van der Waals surface area (Å²) in [4.78, 5) is 16.4. The summed E-state index contributed by atoms with van der Waals surface area (Å²) in [6.07, 6.45) is 3.82. The van der Waals surface area contributed by atoms with Crippen LogP contribution in [0.25, 0.3) is 6.08 Å². The van der Waals surface area contributed by atoms with Crippen molar-refractivity contribution in [1.82, 2.24) is 0 Å². The first-order chi connectivity index (χ1) is 12.7. The van der Waals surface area contributed by atoms with Crippen molar-refractivity contribution in [2.24, 2.45) is 4.99 Å². The molecule has 0 unspecified atom stereocenters. The Labute approximate surface area is 152 Å². The molecular weight excluding hydrogens is 330 g/mol. The van der Waals surface area contributed by atoms with Gasteiger partial charge in [-0.15, -0.1) is 0 Å². The van der Waals surface area contributed by atoms with Crippen molar-refractivity contribution in [2.75, 3.05) is 13.7 Å². The maximum Gasteiger partial charge on any atom is 0.363 e. The Bertz CT molecular complexity index is 837. The van der Waals surface area contributed by atoms with Gasteiger partial charge < -0.3 is 14.2 Å². The summed E-state index contributed by atoms with van der Waals surface area (Å²) in [6, 6.07) is 14.8. The lowest BCUT2D eigenvalue weighted by Crippen LogP contribution is -2.05. The SMILES string of the molecule is CCCCOc1ccc(C=C2N=C(c3cccc(OC)c3)OC2=O)cc1. The van der Waals surface area contributed by atoms with Crippen LogP contribution in [-0.2, 0) is 9.53 Å². The van der Waals surface area contributed by atoms with E-state index in [0.717, 1.165) is 24.2 Å². The summed E-state index contributed by atoms with van der Waals surface area (Å²) in [5.41, 5.74) is 1.82. The number of rotatable bonds is 7. The molecule has 5 nitrogen and oxygen atoms in total. The fraction of sp³-hybridized carbons (Fsp3) is 0.238. The molecule has 2 aromatic rings. The largest absolute Gasteiger partial charge is 0.497 e. The molecule has 2 aromatic carbocycles. The Morgan fingerprint density at radius 1 is 1.12 bits per heavy atom. The number of aliphatic imine (C=N–C) groups is 1. The zero-order valence-electron chi connectivity index (χ0n) is 14.9. The smallest absolute Gasteiger partial charge is 0.363 e. The molecule has 134 valence electrons. The van der Waals surface area contributed by atoms with E-state index in [9.17, 15) is 4.79 Å². The quantitative estimate of drug-likeness (QED) is 0.426. The molecule has 5 heteroatoms. The number of ether oxygens (including phenoxy) is 3. The summed E-state index contributed by atoms with van der Waals surface area (Å²) < 4.78 is 16.1. The minimum atomic E-state index is -0.467. The first kappa shape index (κ1) is 17.7. The van der Waals surface area contributed by atoms with Gasteiger partial charge in [0, 0.05) is 5.56 Å². The van der Waals surface area contributed by atoms with Crippen LogP contribution in [0.1, 0.15) is 30.9 Å². The molecule has 1 aliphatic heterocycles. The Hall–Kier alpha value is -3.08. The highest BCUT2D eigenvalue weighted by Gasteiger charge is 2.24. The Morgan fingerprint density at radius 2 is 1.92 bits per heavy atom. The van der Waals surface area contributed by atoms with Crippen molar-refractivity contribution in [3.05, 3.63) is 65.4 Å². The molecule has 0 aromatic heterocycles. The lowest BCUT2D eigenvalue weighted by atomic mass is 10.2. The van der Waals surface area contributed by atoms with E-state index < -0.39 is 5.97 Å². The van der Waals surface area contributed by atoms with Crippen LogP contribution >= 0.6 is 0 Å². The first-order valence-corrected chi connectivity index (χ1v) is 8.59. The van der Waals surface area contributed by atoms with E-state index in [0.29, 0.717) is 17.9 Å². The normalized spacial score (nSPS) is 14.9. The average Bonchev–Trinajstić information content (AvgIpc) is 3.04. The fourth-order valence-electron chi connectivity index (χ4n) is 2.44. The zero-order valence-corrected chi connectivity index (χ0v) is 14.9. The average molecular weight is 351 g/mol. The molecule has 0 spiro atoms. The predicted octanol–water partition coefficient (Wildman–Crippen LogP) is 4.22. The van der Waals surface area contributed by atoms with Gasteiger partial charge in [-0.3, -0.25) is 0 Å². The maximum atomic E-state index is 12.1. The number of methoxy groups -OCH3 is 1. The summed E-state index contributed by atoms with van der Waals surface area (Å²) in [7, 11) is 1.59. The van der Waals surface area contributed by atoms with E-state index in [1.54, 1.807) is 19.3 Å². The van der Waals surface area contributed by atoms with Gasteiger partial charge >= 0.3 is 5.97 Å². The van der Waals surface area contributed by atoms with Crippen molar-refractivity contribution in [1.29, 1.82) is 0 Å². The van der Waals surface area contributed by atoms with Gasteiger partial charge in [0.05, 0.1) is 13.7 Å². The molecule has 0 saturated heterocycles. The number of nitrogens with zero attached hydrogens (tertiary/aromatic N) is 1. The fourth-order valence-corrected chi connectivity index (χ4v) is 2.44. The van der Waals surface area contributed by atoms with E-state index in [1.165, 1.54) is 0 Å². The number of benzene rings is 2. The van der Waals surface area contributed by atoms with Crippen molar-refractivity contribution in [3.63, 3.8) is 0 Å². The standard InChI is InChI=1S/C21H21NO4/c1-3-4-12-25-17-10-8-15(9-11-17)13-19-21(23)26-20(22-19)16-6-5-7-18(14-16)24-2/h5-11,13-14H,3-4,12H2,1-2H3. The summed E-state index contributed by atoms with van der Waals surface area (Å²) in [5.74, 6) is 1.30. The van der Waals surface area contributed by atoms with Gasteiger partial charge in [0.25, 0.3) is 0 Å². The number of esters is 1. The molecule has 0 aliphatic carbocycles. The van der Waals surface area contributed by atoms with Crippen molar-refractivity contribution in [3.8, 4) is 11.5 Å². The molecule has 0 fully saturated rings. The van der Waals surface area contributed by atoms with Crippen LogP contribution in [-0.4, -0.2) is 25.6 Å². The lowest BCUT2D eigenvalue weighted by Gasteiger charge is -2.05. The van der Waals surface area contributed by atoms with E-state index >= 15 is 0 Å². The van der Waals surface area contributed by atoms with Crippen molar-refractivity contribution in [2.45, 2.75) is 19.8 Å². The molecule has 1 heterocycles. The minimum Gasteiger partial charge on any atom is -0.497 e. The molecule has 0 amide bonds. The lowest BCUT2D eigenvalue weighted by molar-refractivity contribution is -0.129. The van der Waals surface area contributed by atoms with Gasteiger partial charge in [0.1, 0.15) is 11.5 Å². The number of unbranched alkanes of at least 4 members (excludes halogenated alkanes) is 1. The second-order valence-electron chi connectivity index (χ2n) is 5.84. The van der Waals surface area contributed by atoms with E-state index in [-0.39, 0.29) is 11.6 Å². The van der Waals surface area contributed by atoms with Gasteiger partial charge in [-0.25, -0.2) is 9.79 Å². The highest BCUT2D eigenvalue weighted by Crippen LogP contribution is 2.22.